The fourth-order valence-electron chi connectivity index (χ4n) is 1.70. The van der Waals surface area contributed by atoms with Crippen LogP contribution in [0.25, 0.3) is 0 Å². The fourth-order valence-corrected chi connectivity index (χ4v) is 2.64. The van der Waals surface area contributed by atoms with Gasteiger partial charge in [-0.15, -0.1) is 0 Å². The number of sulfonamides is 1. The molecule has 6 nitrogen and oxygen atoms in total. The quantitative estimate of drug-likeness (QED) is 0.741. The Balaban J connectivity index is 2.76. The smallest absolute Gasteiger partial charge is 0.242 e. The van der Waals surface area contributed by atoms with Gasteiger partial charge >= 0.3 is 0 Å². The zero-order valence-electron chi connectivity index (χ0n) is 13.4. The van der Waals surface area contributed by atoms with E-state index in [1.165, 1.54) is 24.5 Å². The maximum Gasteiger partial charge on any atom is 0.242 e. The van der Waals surface area contributed by atoms with E-state index in [1.54, 1.807) is 12.1 Å². The standard InChI is InChI=1S/C14H26N4O2S/c1-11(2)18(5)9-8-16-14-7-6-12(10-13(14)15)21(19,20)17(3)4/h6-7,10-11,16H,8-9,15H2,1-5H3. The van der Waals surface area contributed by atoms with Crippen LogP contribution in [0.15, 0.2) is 23.1 Å². The largest absolute Gasteiger partial charge is 0.397 e. The lowest BCUT2D eigenvalue weighted by Gasteiger charge is -2.21. The summed E-state index contributed by atoms with van der Waals surface area (Å²) < 4.78 is 25.2. The highest BCUT2D eigenvalue weighted by Crippen LogP contribution is 2.23. The van der Waals surface area contributed by atoms with Crippen LogP contribution >= 0.6 is 0 Å². The molecule has 0 fully saturated rings. The molecule has 0 aliphatic carbocycles. The van der Waals surface area contributed by atoms with Gasteiger partial charge in [0.2, 0.25) is 10.0 Å². The van der Waals surface area contributed by atoms with E-state index in [0.29, 0.717) is 11.7 Å². The normalized spacial score (nSPS) is 12.4. The minimum Gasteiger partial charge on any atom is -0.397 e. The van der Waals surface area contributed by atoms with Crippen LogP contribution in [0, 0.1) is 0 Å². The molecule has 0 spiro atoms. The first kappa shape index (κ1) is 17.7. The summed E-state index contributed by atoms with van der Waals surface area (Å²) in [6.07, 6.45) is 0. The Labute approximate surface area is 128 Å². The molecule has 0 bridgehead atoms. The molecule has 120 valence electrons. The second-order valence-electron chi connectivity index (χ2n) is 5.54. The Kier molecular flexibility index (Phi) is 6.00. The molecule has 1 rings (SSSR count). The van der Waals surface area contributed by atoms with Crippen LogP contribution in [0.1, 0.15) is 13.8 Å². The number of rotatable bonds is 7. The number of hydrogen-bond acceptors (Lipinski definition) is 5. The van der Waals surface area contributed by atoms with E-state index in [0.717, 1.165) is 18.8 Å². The van der Waals surface area contributed by atoms with Gasteiger partial charge in [0.25, 0.3) is 0 Å². The zero-order chi connectivity index (χ0) is 16.2. The van der Waals surface area contributed by atoms with E-state index in [4.69, 9.17) is 5.73 Å². The third-order valence-corrected chi connectivity index (χ3v) is 5.27. The summed E-state index contributed by atoms with van der Waals surface area (Å²) in [5.74, 6) is 0. The van der Waals surface area contributed by atoms with Crippen molar-refractivity contribution in [1.82, 2.24) is 9.21 Å². The van der Waals surface area contributed by atoms with E-state index >= 15 is 0 Å². The van der Waals surface area contributed by atoms with Crippen LogP contribution in [-0.2, 0) is 10.0 Å². The van der Waals surface area contributed by atoms with Crippen LogP contribution < -0.4 is 11.1 Å². The highest BCUT2D eigenvalue weighted by Gasteiger charge is 2.18. The number of nitrogens with one attached hydrogen (secondary N) is 1. The SMILES string of the molecule is CC(C)N(C)CCNc1ccc(S(=O)(=O)N(C)C)cc1N. The molecule has 0 aliphatic heterocycles. The van der Waals surface area contributed by atoms with Crippen LogP contribution in [-0.4, -0.2) is 57.9 Å². The molecule has 0 radical (unpaired) electrons. The Morgan fingerprint density at radius 3 is 2.33 bits per heavy atom. The van der Waals surface area contributed by atoms with Crippen molar-refractivity contribution in [3.05, 3.63) is 18.2 Å². The minimum atomic E-state index is -3.44. The van der Waals surface area contributed by atoms with E-state index in [9.17, 15) is 8.42 Å². The van der Waals surface area contributed by atoms with E-state index < -0.39 is 10.0 Å². The van der Waals surface area contributed by atoms with Crippen molar-refractivity contribution in [3.63, 3.8) is 0 Å². The molecule has 1 aromatic rings. The second-order valence-corrected chi connectivity index (χ2v) is 7.69. The van der Waals surface area contributed by atoms with Crippen molar-refractivity contribution in [2.45, 2.75) is 24.8 Å². The van der Waals surface area contributed by atoms with Crippen LogP contribution in [0.5, 0.6) is 0 Å². The summed E-state index contributed by atoms with van der Waals surface area (Å²) in [6, 6.07) is 5.25. The molecule has 0 saturated carbocycles. The lowest BCUT2D eigenvalue weighted by Crippen LogP contribution is -2.31. The van der Waals surface area contributed by atoms with Crippen molar-refractivity contribution in [2.75, 3.05) is 45.3 Å². The summed E-state index contributed by atoms with van der Waals surface area (Å²) in [5.41, 5.74) is 7.13. The van der Waals surface area contributed by atoms with Crippen molar-refractivity contribution in [1.29, 1.82) is 0 Å². The molecule has 1 aromatic carbocycles. The van der Waals surface area contributed by atoms with Gasteiger partial charge in [0.1, 0.15) is 0 Å². The Morgan fingerprint density at radius 2 is 1.86 bits per heavy atom. The van der Waals surface area contributed by atoms with Crippen LogP contribution in [0.4, 0.5) is 11.4 Å². The third-order valence-electron chi connectivity index (χ3n) is 3.46. The van der Waals surface area contributed by atoms with E-state index in [2.05, 4.69) is 31.1 Å². The molecule has 7 heteroatoms. The molecular formula is C14H26N4O2S. The van der Waals surface area contributed by atoms with Gasteiger partial charge in [-0.1, -0.05) is 0 Å². The molecule has 3 N–H and O–H groups in total. The Hall–Kier alpha value is -1.31. The van der Waals surface area contributed by atoms with E-state index in [1.807, 2.05) is 0 Å². The molecule has 0 aromatic heterocycles. The van der Waals surface area contributed by atoms with Crippen molar-refractivity contribution < 1.29 is 8.42 Å². The molecule has 21 heavy (non-hydrogen) atoms. The second kappa shape index (κ2) is 7.11. The van der Waals surface area contributed by atoms with Crippen LogP contribution in [0.2, 0.25) is 0 Å². The Bertz CT molecular complexity index is 570. The average molecular weight is 314 g/mol. The lowest BCUT2D eigenvalue weighted by atomic mass is 10.2. The van der Waals surface area contributed by atoms with Gasteiger partial charge in [-0.05, 0) is 39.1 Å². The zero-order valence-corrected chi connectivity index (χ0v) is 14.2. The number of likely N-dealkylation sites (N-methyl/N-ethyl adjacent to an activating group) is 1. The number of benzene rings is 1. The number of nitrogens with two attached hydrogens (primary N) is 1. The highest BCUT2D eigenvalue weighted by atomic mass is 32.2. The fraction of sp³-hybridized carbons (Fsp3) is 0.571. The van der Waals surface area contributed by atoms with E-state index in [-0.39, 0.29) is 4.90 Å². The molecular weight excluding hydrogens is 288 g/mol. The monoisotopic (exact) mass is 314 g/mol. The van der Waals surface area contributed by atoms with Gasteiger partial charge in [0.15, 0.2) is 0 Å². The first-order chi connectivity index (χ1) is 9.66. The van der Waals surface area contributed by atoms with Gasteiger partial charge in [-0.3, -0.25) is 0 Å². The van der Waals surface area contributed by atoms with Gasteiger partial charge in [-0.2, -0.15) is 0 Å². The summed E-state index contributed by atoms with van der Waals surface area (Å²) in [4.78, 5) is 2.42. The van der Waals surface area contributed by atoms with Gasteiger partial charge < -0.3 is 16.0 Å². The molecule has 0 saturated heterocycles. The van der Waals surface area contributed by atoms with Gasteiger partial charge in [0, 0.05) is 33.2 Å². The van der Waals surface area contributed by atoms with Crippen molar-refractivity contribution in [2.24, 2.45) is 0 Å². The average Bonchev–Trinajstić information content (AvgIpc) is 2.39. The van der Waals surface area contributed by atoms with Crippen LogP contribution in [0.3, 0.4) is 0 Å². The topological polar surface area (TPSA) is 78.7 Å². The molecule has 0 atom stereocenters. The molecule has 0 unspecified atom stereocenters. The lowest BCUT2D eigenvalue weighted by molar-refractivity contribution is 0.284. The number of anilines is 2. The number of nitrogens with zero attached hydrogens (tertiary/aromatic N) is 2. The van der Waals surface area contributed by atoms with Crippen molar-refractivity contribution in [3.8, 4) is 0 Å². The summed E-state index contributed by atoms with van der Waals surface area (Å²) in [6.45, 7) is 5.90. The molecule has 0 heterocycles. The first-order valence-electron chi connectivity index (χ1n) is 6.92. The number of hydrogen-bond donors (Lipinski definition) is 2. The highest BCUT2D eigenvalue weighted by molar-refractivity contribution is 7.89. The summed E-state index contributed by atoms with van der Waals surface area (Å²) >= 11 is 0. The summed E-state index contributed by atoms with van der Waals surface area (Å²) in [7, 11) is 1.61. The number of nitrogen functional groups attached to an aromatic ring is 1. The maximum absolute atomic E-state index is 12.0. The first-order valence-corrected chi connectivity index (χ1v) is 8.36. The Morgan fingerprint density at radius 1 is 1.24 bits per heavy atom. The van der Waals surface area contributed by atoms with Crippen molar-refractivity contribution >= 4 is 21.4 Å². The maximum atomic E-state index is 12.0. The third kappa shape index (κ3) is 4.59. The predicted molar refractivity (Wildman–Crippen MR) is 88.0 cm³/mol. The van der Waals surface area contributed by atoms with Gasteiger partial charge in [0.05, 0.1) is 16.3 Å². The minimum absolute atomic E-state index is 0.204. The molecule has 0 amide bonds. The predicted octanol–water partition coefficient (Wildman–Crippen LogP) is 1.27. The summed E-state index contributed by atoms with van der Waals surface area (Å²) in [5, 5.41) is 3.23. The van der Waals surface area contributed by atoms with Gasteiger partial charge in [-0.25, -0.2) is 12.7 Å². The molecule has 0 aliphatic rings.